The number of hydrogen-bond donors (Lipinski definition) is 1. The number of benzene rings is 1. The van der Waals surface area contributed by atoms with Crippen molar-refractivity contribution < 1.29 is 4.74 Å². The lowest BCUT2D eigenvalue weighted by atomic mass is 10.2. The van der Waals surface area contributed by atoms with Crippen molar-refractivity contribution in [2.24, 2.45) is 0 Å². The quantitative estimate of drug-likeness (QED) is 0.893. The van der Waals surface area contributed by atoms with Gasteiger partial charge in [0.2, 0.25) is 0 Å². The second kappa shape index (κ2) is 5.87. The number of aromatic nitrogens is 1. The third kappa shape index (κ3) is 3.01. The molecule has 0 aliphatic rings. The molecule has 1 N–H and O–H groups in total. The summed E-state index contributed by atoms with van der Waals surface area (Å²) in [6, 6.07) is 6.13. The van der Waals surface area contributed by atoms with Gasteiger partial charge in [0.1, 0.15) is 5.75 Å². The maximum atomic E-state index is 5.34. The van der Waals surface area contributed by atoms with Crippen LogP contribution in [0.1, 0.15) is 22.4 Å². The van der Waals surface area contributed by atoms with E-state index >= 15 is 0 Å². The van der Waals surface area contributed by atoms with Gasteiger partial charge < -0.3 is 10.1 Å². The number of rotatable bonds is 5. The molecule has 0 saturated carbocycles. The van der Waals surface area contributed by atoms with Crippen molar-refractivity contribution in [3.8, 4) is 5.75 Å². The van der Waals surface area contributed by atoms with Crippen LogP contribution in [0.4, 0.5) is 5.69 Å². The SMILES string of the molecule is CCc1ncc(CNc2cc(C)ccc2OC)s1. The fraction of sp³-hybridized carbons (Fsp3) is 0.357. The summed E-state index contributed by atoms with van der Waals surface area (Å²) in [5.74, 6) is 0.876. The number of hydrogen-bond acceptors (Lipinski definition) is 4. The third-order valence-corrected chi connectivity index (χ3v) is 3.85. The average molecular weight is 262 g/mol. The minimum atomic E-state index is 0.789. The highest BCUT2D eigenvalue weighted by Crippen LogP contribution is 2.26. The van der Waals surface area contributed by atoms with Crippen LogP contribution < -0.4 is 10.1 Å². The van der Waals surface area contributed by atoms with Crippen LogP contribution >= 0.6 is 11.3 Å². The van der Waals surface area contributed by atoms with Crippen LogP contribution in [0.15, 0.2) is 24.4 Å². The van der Waals surface area contributed by atoms with Crippen molar-refractivity contribution in [2.45, 2.75) is 26.8 Å². The van der Waals surface area contributed by atoms with Crippen LogP contribution in [0, 0.1) is 6.92 Å². The van der Waals surface area contributed by atoms with Gasteiger partial charge in [0.05, 0.1) is 24.3 Å². The molecule has 0 spiro atoms. The molecule has 0 radical (unpaired) electrons. The van der Waals surface area contributed by atoms with E-state index in [1.165, 1.54) is 15.4 Å². The van der Waals surface area contributed by atoms with Crippen LogP contribution in [0.3, 0.4) is 0 Å². The lowest BCUT2D eigenvalue weighted by Gasteiger charge is -2.10. The van der Waals surface area contributed by atoms with E-state index in [-0.39, 0.29) is 0 Å². The van der Waals surface area contributed by atoms with Crippen LogP contribution in [-0.2, 0) is 13.0 Å². The molecule has 3 nitrogen and oxygen atoms in total. The van der Waals surface area contributed by atoms with E-state index in [1.807, 2.05) is 18.3 Å². The molecule has 1 aromatic carbocycles. The Morgan fingerprint density at radius 2 is 2.22 bits per heavy atom. The first kappa shape index (κ1) is 12.9. The topological polar surface area (TPSA) is 34.2 Å². The van der Waals surface area contributed by atoms with E-state index in [9.17, 15) is 0 Å². The normalized spacial score (nSPS) is 10.4. The van der Waals surface area contributed by atoms with E-state index in [0.717, 1.165) is 24.4 Å². The van der Waals surface area contributed by atoms with Crippen LogP contribution in [0.5, 0.6) is 5.75 Å². The van der Waals surface area contributed by atoms with Gasteiger partial charge in [-0.15, -0.1) is 11.3 Å². The summed E-state index contributed by atoms with van der Waals surface area (Å²) >= 11 is 1.76. The van der Waals surface area contributed by atoms with Gasteiger partial charge in [0, 0.05) is 11.1 Å². The molecule has 0 amide bonds. The van der Waals surface area contributed by atoms with Crippen molar-refractivity contribution in [1.82, 2.24) is 4.98 Å². The van der Waals surface area contributed by atoms with E-state index in [1.54, 1.807) is 18.4 Å². The van der Waals surface area contributed by atoms with Gasteiger partial charge in [-0.3, -0.25) is 0 Å². The Morgan fingerprint density at radius 1 is 1.39 bits per heavy atom. The third-order valence-electron chi connectivity index (χ3n) is 2.71. The molecular weight excluding hydrogens is 244 g/mol. The predicted molar refractivity (Wildman–Crippen MR) is 76.5 cm³/mol. The molecule has 96 valence electrons. The van der Waals surface area contributed by atoms with Gasteiger partial charge in [-0.05, 0) is 31.0 Å². The number of nitrogens with zero attached hydrogens (tertiary/aromatic N) is 1. The second-order valence-corrected chi connectivity index (χ2v) is 5.33. The van der Waals surface area contributed by atoms with Gasteiger partial charge in [-0.1, -0.05) is 13.0 Å². The summed E-state index contributed by atoms with van der Waals surface area (Å²) in [7, 11) is 1.69. The van der Waals surface area contributed by atoms with Gasteiger partial charge in [0.15, 0.2) is 0 Å². The molecular formula is C14H18N2OS. The van der Waals surface area contributed by atoms with E-state index in [2.05, 4.69) is 30.2 Å². The zero-order valence-corrected chi connectivity index (χ0v) is 11.8. The monoisotopic (exact) mass is 262 g/mol. The first-order valence-electron chi connectivity index (χ1n) is 6.05. The highest BCUT2D eigenvalue weighted by atomic mass is 32.1. The molecule has 0 fully saturated rings. The van der Waals surface area contributed by atoms with Gasteiger partial charge in [-0.2, -0.15) is 0 Å². The standard InChI is InChI=1S/C14H18N2OS/c1-4-14-16-9-11(18-14)8-15-12-7-10(2)5-6-13(12)17-3/h5-7,9,15H,4,8H2,1-3H3. The van der Waals surface area contributed by atoms with E-state index in [4.69, 9.17) is 4.74 Å². The highest BCUT2D eigenvalue weighted by Gasteiger charge is 2.04. The predicted octanol–water partition coefficient (Wildman–Crippen LogP) is 3.63. The van der Waals surface area contributed by atoms with Gasteiger partial charge in [-0.25, -0.2) is 4.98 Å². The summed E-state index contributed by atoms with van der Waals surface area (Å²) in [4.78, 5) is 5.60. The molecule has 4 heteroatoms. The van der Waals surface area contributed by atoms with E-state index in [0.29, 0.717) is 0 Å². The van der Waals surface area contributed by atoms with Gasteiger partial charge in [0.25, 0.3) is 0 Å². The number of nitrogens with one attached hydrogen (secondary N) is 1. The molecule has 0 unspecified atom stereocenters. The molecule has 0 aliphatic heterocycles. The lowest BCUT2D eigenvalue weighted by Crippen LogP contribution is -2.00. The first-order chi connectivity index (χ1) is 8.72. The summed E-state index contributed by atoms with van der Waals surface area (Å²) in [5, 5.41) is 4.59. The van der Waals surface area contributed by atoms with E-state index < -0.39 is 0 Å². The fourth-order valence-electron chi connectivity index (χ4n) is 1.74. The van der Waals surface area contributed by atoms with Crippen LogP contribution in [-0.4, -0.2) is 12.1 Å². The Labute approximate surface area is 112 Å². The number of thiazole rings is 1. The largest absolute Gasteiger partial charge is 0.495 e. The summed E-state index contributed by atoms with van der Waals surface area (Å²) in [6.45, 7) is 4.99. The summed E-state index contributed by atoms with van der Waals surface area (Å²) < 4.78 is 5.34. The summed E-state index contributed by atoms with van der Waals surface area (Å²) in [6.07, 6.45) is 2.94. The molecule has 18 heavy (non-hydrogen) atoms. The Bertz CT molecular complexity index is 522. The zero-order valence-electron chi connectivity index (χ0n) is 11.0. The molecule has 1 heterocycles. The van der Waals surface area contributed by atoms with Crippen molar-refractivity contribution in [3.05, 3.63) is 39.8 Å². The Hall–Kier alpha value is -1.55. The average Bonchev–Trinajstić information content (AvgIpc) is 2.84. The summed E-state index contributed by atoms with van der Waals surface area (Å²) in [5.41, 5.74) is 2.25. The molecule has 0 bridgehead atoms. The highest BCUT2D eigenvalue weighted by molar-refractivity contribution is 7.11. The smallest absolute Gasteiger partial charge is 0.141 e. The fourth-order valence-corrected chi connectivity index (χ4v) is 2.54. The molecule has 1 aromatic heterocycles. The number of anilines is 1. The molecule has 0 atom stereocenters. The molecule has 0 aliphatic carbocycles. The second-order valence-electron chi connectivity index (χ2n) is 4.13. The minimum Gasteiger partial charge on any atom is -0.495 e. The molecule has 2 rings (SSSR count). The van der Waals surface area contributed by atoms with Crippen molar-refractivity contribution >= 4 is 17.0 Å². The van der Waals surface area contributed by atoms with Crippen molar-refractivity contribution in [2.75, 3.05) is 12.4 Å². The zero-order chi connectivity index (χ0) is 13.0. The Morgan fingerprint density at radius 3 is 2.89 bits per heavy atom. The van der Waals surface area contributed by atoms with Crippen molar-refractivity contribution in [1.29, 1.82) is 0 Å². The maximum Gasteiger partial charge on any atom is 0.141 e. The van der Waals surface area contributed by atoms with Crippen LogP contribution in [0.2, 0.25) is 0 Å². The van der Waals surface area contributed by atoms with Crippen molar-refractivity contribution in [3.63, 3.8) is 0 Å². The minimum absolute atomic E-state index is 0.789. The lowest BCUT2D eigenvalue weighted by molar-refractivity contribution is 0.416. The Balaban J connectivity index is 2.07. The molecule has 0 saturated heterocycles. The molecule has 2 aromatic rings. The van der Waals surface area contributed by atoms with Gasteiger partial charge >= 0.3 is 0 Å². The van der Waals surface area contributed by atoms with Crippen LogP contribution in [0.25, 0.3) is 0 Å². The maximum absolute atomic E-state index is 5.34. The Kier molecular flexibility index (Phi) is 4.20. The number of methoxy groups -OCH3 is 1. The number of ether oxygens (including phenoxy) is 1. The first-order valence-corrected chi connectivity index (χ1v) is 6.86. The number of aryl methyl sites for hydroxylation is 2.